The van der Waals surface area contributed by atoms with Gasteiger partial charge in [0.2, 0.25) is 5.91 Å². The summed E-state index contributed by atoms with van der Waals surface area (Å²) in [6.07, 6.45) is 1.11. The lowest BCUT2D eigenvalue weighted by Crippen LogP contribution is -2.50. The summed E-state index contributed by atoms with van der Waals surface area (Å²) >= 11 is 0. The number of sulfone groups is 1. The summed E-state index contributed by atoms with van der Waals surface area (Å²) in [6.45, 7) is 1.87. The average Bonchev–Trinajstić information content (AvgIpc) is 2.68. The second kappa shape index (κ2) is 8.71. The van der Waals surface area contributed by atoms with E-state index in [1.807, 2.05) is 4.90 Å². The number of piperazine rings is 1. The molecule has 2 amide bonds. The van der Waals surface area contributed by atoms with Crippen molar-refractivity contribution in [2.24, 2.45) is 0 Å². The Morgan fingerprint density at radius 3 is 2.38 bits per heavy atom. The molecule has 1 fully saturated rings. The number of amides is 2. The van der Waals surface area contributed by atoms with E-state index < -0.39 is 15.7 Å². The van der Waals surface area contributed by atoms with Crippen LogP contribution in [0.4, 0.5) is 10.1 Å². The third-order valence-electron chi connectivity index (χ3n) is 4.68. The molecular weight excluding hydrogens is 397 g/mol. The topological polar surface area (TPSA) is 86.8 Å². The molecule has 154 valence electrons. The van der Waals surface area contributed by atoms with E-state index in [0.29, 0.717) is 31.9 Å². The molecule has 29 heavy (non-hydrogen) atoms. The quantitative estimate of drug-likeness (QED) is 0.796. The second-order valence-corrected chi connectivity index (χ2v) is 8.91. The predicted molar refractivity (Wildman–Crippen MR) is 107 cm³/mol. The van der Waals surface area contributed by atoms with E-state index in [9.17, 15) is 22.4 Å². The zero-order valence-corrected chi connectivity index (χ0v) is 16.8. The van der Waals surface area contributed by atoms with Gasteiger partial charge in [-0.1, -0.05) is 18.2 Å². The maximum atomic E-state index is 13.8. The van der Waals surface area contributed by atoms with Crippen molar-refractivity contribution in [3.8, 4) is 0 Å². The fourth-order valence-electron chi connectivity index (χ4n) is 3.12. The highest BCUT2D eigenvalue weighted by molar-refractivity contribution is 7.90. The number of anilines is 1. The summed E-state index contributed by atoms with van der Waals surface area (Å²) in [5.74, 6) is -1.18. The van der Waals surface area contributed by atoms with Crippen LogP contribution in [-0.2, 0) is 14.6 Å². The molecule has 1 saturated heterocycles. The van der Waals surface area contributed by atoms with Crippen LogP contribution in [0.15, 0.2) is 53.4 Å². The molecule has 0 radical (unpaired) electrons. The van der Waals surface area contributed by atoms with Gasteiger partial charge in [-0.15, -0.1) is 0 Å². The summed E-state index contributed by atoms with van der Waals surface area (Å²) in [7, 11) is -3.35. The Balaban J connectivity index is 1.53. The van der Waals surface area contributed by atoms with Crippen LogP contribution in [0.2, 0.25) is 0 Å². The molecule has 1 heterocycles. The Morgan fingerprint density at radius 2 is 1.72 bits per heavy atom. The third-order valence-corrected chi connectivity index (χ3v) is 5.79. The van der Waals surface area contributed by atoms with E-state index in [1.165, 1.54) is 30.3 Å². The number of nitrogens with one attached hydrogen (secondary N) is 1. The lowest BCUT2D eigenvalue weighted by Gasteiger charge is -2.34. The monoisotopic (exact) mass is 419 g/mol. The fourth-order valence-corrected chi connectivity index (χ4v) is 3.79. The largest absolute Gasteiger partial charge is 0.336 e. The lowest BCUT2D eigenvalue weighted by molar-refractivity contribution is -0.117. The maximum absolute atomic E-state index is 13.8. The average molecular weight is 419 g/mol. The molecule has 2 aromatic rings. The second-order valence-electron chi connectivity index (χ2n) is 6.90. The summed E-state index contributed by atoms with van der Waals surface area (Å²) in [5.41, 5.74) is 0.454. The number of benzene rings is 2. The number of carbonyl (C=O) groups is 2. The molecule has 1 N–H and O–H groups in total. The Bertz CT molecular complexity index is 1020. The summed E-state index contributed by atoms with van der Waals surface area (Å²) in [5, 5.41) is 2.69. The van der Waals surface area contributed by atoms with Gasteiger partial charge in [-0.3, -0.25) is 14.5 Å². The minimum Gasteiger partial charge on any atom is -0.336 e. The van der Waals surface area contributed by atoms with Crippen LogP contribution >= 0.6 is 0 Å². The molecule has 0 atom stereocenters. The minimum absolute atomic E-state index is 0.0458. The summed E-state index contributed by atoms with van der Waals surface area (Å²) in [4.78, 5) is 28.3. The van der Waals surface area contributed by atoms with Gasteiger partial charge in [-0.05, 0) is 30.3 Å². The van der Waals surface area contributed by atoms with Gasteiger partial charge in [0.15, 0.2) is 9.84 Å². The first-order chi connectivity index (χ1) is 13.7. The van der Waals surface area contributed by atoms with Gasteiger partial charge >= 0.3 is 0 Å². The molecule has 7 nitrogen and oxygen atoms in total. The van der Waals surface area contributed by atoms with Gasteiger partial charge in [-0.25, -0.2) is 12.8 Å². The van der Waals surface area contributed by atoms with Crippen LogP contribution in [0.1, 0.15) is 10.4 Å². The van der Waals surface area contributed by atoms with Gasteiger partial charge in [0.05, 0.1) is 17.0 Å². The Hall–Kier alpha value is -2.78. The molecule has 0 saturated carbocycles. The van der Waals surface area contributed by atoms with Crippen LogP contribution < -0.4 is 5.32 Å². The van der Waals surface area contributed by atoms with Crippen LogP contribution in [0, 0.1) is 5.82 Å². The molecule has 1 aliphatic rings. The van der Waals surface area contributed by atoms with Crippen LogP contribution in [0.5, 0.6) is 0 Å². The third kappa shape index (κ3) is 5.39. The zero-order chi connectivity index (χ0) is 21.0. The van der Waals surface area contributed by atoms with Crippen molar-refractivity contribution in [1.82, 2.24) is 9.80 Å². The number of hydrogen-bond donors (Lipinski definition) is 1. The van der Waals surface area contributed by atoms with E-state index in [4.69, 9.17) is 0 Å². The minimum atomic E-state index is -3.35. The van der Waals surface area contributed by atoms with Gasteiger partial charge < -0.3 is 10.2 Å². The molecule has 0 aromatic heterocycles. The van der Waals surface area contributed by atoms with Crippen molar-refractivity contribution in [2.45, 2.75) is 4.90 Å². The number of halogens is 1. The Labute approximate surface area is 169 Å². The van der Waals surface area contributed by atoms with Crippen molar-refractivity contribution in [3.63, 3.8) is 0 Å². The molecule has 0 bridgehead atoms. The van der Waals surface area contributed by atoms with Crippen LogP contribution in [-0.4, -0.2) is 69.0 Å². The van der Waals surface area contributed by atoms with Crippen molar-refractivity contribution in [1.29, 1.82) is 0 Å². The highest BCUT2D eigenvalue weighted by Crippen LogP contribution is 2.16. The molecule has 3 rings (SSSR count). The number of carbonyl (C=O) groups excluding carboxylic acids is 2. The van der Waals surface area contributed by atoms with Crippen molar-refractivity contribution >= 4 is 27.3 Å². The summed E-state index contributed by atoms with van der Waals surface area (Å²) < 4.78 is 37.0. The summed E-state index contributed by atoms with van der Waals surface area (Å²) in [6, 6.07) is 11.9. The number of rotatable bonds is 5. The van der Waals surface area contributed by atoms with Gasteiger partial charge in [0.1, 0.15) is 5.82 Å². The van der Waals surface area contributed by atoms with Crippen LogP contribution in [0.25, 0.3) is 0 Å². The zero-order valence-electron chi connectivity index (χ0n) is 16.0. The number of nitrogens with zero attached hydrogens (tertiary/aromatic N) is 2. The Kier molecular flexibility index (Phi) is 6.29. The van der Waals surface area contributed by atoms with E-state index in [1.54, 1.807) is 23.1 Å². The first kappa shape index (κ1) is 20.9. The standard InChI is InChI=1S/C20H22FN3O4S/c1-29(27,28)16-6-4-5-15(13-16)22-19(25)14-23-9-11-24(12-10-23)20(26)17-7-2-3-8-18(17)21/h2-8,13H,9-12,14H2,1H3,(H,22,25). The van der Waals surface area contributed by atoms with Crippen molar-refractivity contribution in [3.05, 3.63) is 59.9 Å². The normalized spacial score (nSPS) is 15.2. The molecule has 9 heteroatoms. The van der Waals surface area contributed by atoms with Crippen molar-refractivity contribution in [2.75, 3.05) is 44.3 Å². The molecular formula is C20H22FN3O4S. The maximum Gasteiger partial charge on any atom is 0.256 e. The lowest BCUT2D eigenvalue weighted by atomic mass is 10.1. The van der Waals surface area contributed by atoms with E-state index in [2.05, 4.69) is 5.32 Å². The fraction of sp³-hybridized carbons (Fsp3) is 0.300. The smallest absolute Gasteiger partial charge is 0.256 e. The van der Waals surface area contributed by atoms with Crippen LogP contribution in [0.3, 0.4) is 0 Å². The highest BCUT2D eigenvalue weighted by Gasteiger charge is 2.24. The molecule has 0 aliphatic carbocycles. The highest BCUT2D eigenvalue weighted by atomic mass is 32.2. The first-order valence-electron chi connectivity index (χ1n) is 9.10. The molecule has 0 unspecified atom stereocenters. The molecule has 0 spiro atoms. The van der Waals surface area contributed by atoms with Gasteiger partial charge in [0.25, 0.3) is 5.91 Å². The van der Waals surface area contributed by atoms with Crippen molar-refractivity contribution < 1.29 is 22.4 Å². The van der Waals surface area contributed by atoms with Gasteiger partial charge in [0, 0.05) is 38.1 Å². The first-order valence-corrected chi connectivity index (χ1v) is 11.0. The van der Waals surface area contributed by atoms with E-state index in [-0.39, 0.29) is 28.8 Å². The molecule has 1 aliphatic heterocycles. The van der Waals surface area contributed by atoms with E-state index >= 15 is 0 Å². The van der Waals surface area contributed by atoms with Gasteiger partial charge in [-0.2, -0.15) is 0 Å². The molecule has 2 aromatic carbocycles. The van der Waals surface area contributed by atoms with E-state index in [0.717, 1.165) is 6.26 Å². The predicted octanol–water partition coefficient (Wildman–Crippen LogP) is 1.63. The SMILES string of the molecule is CS(=O)(=O)c1cccc(NC(=O)CN2CCN(C(=O)c3ccccc3F)CC2)c1. The Morgan fingerprint density at radius 1 is 1.03 bits per heavy atom. The number of hydrogen-bond acceptors (Lipinski definition) is 5.